The first kappa shape index (κ1) is 15.2. The summed E-state index contributed by atoms with van der Waals surface area (Å²) < 4.78 is 5.54. The maximum atomic E-state index is 12.5. The number of morpholine rings is 1. The van der Waals surface area contributed by atoms with Gasteiger partial charge in [-0.05, 0) is 24.5 Å². The first-order valence-electron chi connectivity index (χ1n) is 5.96. The van der Waals surface area contributed by atoms with Crippen LogP contribution in [-0.2, 0) is 4.74 Å². The second-order valence-electron chi connectivity index (χ2n) is 4.24. The summed E-state index contributed by atoms with van der Waals surface area (Å²) in [6, 6.07) is 5.56. The molecule has 1 unspecified atom stereocenters. The normalized spacial score (nSPS) is 19.5. The van der Waals surface area contributed by atoms with Crippen LogP contribution in [0, 0.1) is 0 Å². The predicted octanol–water partition coefficient (Wildman–Crippen LogP) is 3.30. The standard InChI is InChI=1S/C13H15BrClNO2S/c1-19-10-2-3-12(15)11(6-10)13(17)16-4-5-18-9(7-14)8-16/h2-3,6,9H,4-5,7-8H2,1H3. The monoisotopic (exact) mass is 363 g/mol. The lowest BCUT2D eigenvalue weighted by Crippen LogP contribution is -2.46. The van der Waals surface area contributed by atoms with E-state index >= 15 is 0 Å². The summed E-state index contributed by atoms with van der Waals surface area (Å²) >= 11 is 11.1. The fraction of sp³-hybridized carbons (Fsp3) is 0.462. The molecule has 2 rings (SSSR count). The Kier molecular flexibility index (Phi) is 5.57. The van der Waals surface area contributed by atoms with Crippen LogP contribution in [0.15, 0.2) is 23.1 Å². The van der Waals surface area contributed by atoms with E-state index in [-0.39, 0.29) is 12.0 Å². The molecule has 0 spiro atoms. The van der Waals surface area contributed by atoms with Crippen LogP contribution in [-0.4, -0.2) is 48.2 Å². The lowest BCUT2D eigenvalue weighted by atomic mass is 10.1. The summed E-state index contributed by atoms with van der Waals surface area (Å²) in [5.74, 6) is -0.0184. The highest BCUT2D eigenvalue weighted by atomic mass is 79.9. The van der Waals surface area contributed by atoms with Gasteiger partial charge in [0.2, 0.25) is 0 Å². The van der Waals surface area contributed by atoms with Gasteiger partial charge in [0.1, 0.15) is 0 Å². The Balaban J connectivity index is 2.18. The number of carbonyl (C=O) groups excluding carboxylic acids is 1. The van der Waals surface area contributed by atoms with E-state index in [0.29, 0.717) is 30.3 Å². The summed E-state index contributed by atoms with van der Waals surface area (Å²) in [5.41, 5.74) is 0.573. The molecular formula is C13H15BrClNO2S. The summed E-state index contributed by atoms with van der Waals surface area (Å²) in [7, 11) is 0. The van der Waals surface area contributed by atoms with Crippen molar-refractivity contribution in [3.8, 4) is 0 Å². The Hall–Kier alpha value is -0.230. The zero-order chi connectivity index (χ0) is 13.8. The molecule has 1 amide bonds. The minimum absolute atomic E-state index is 0.0184. The van der Waals surface area contributed by atoms with Crippen LogP contribution < -0.4 is 0 Å². The molecule has 104 valence electrons. The Labute approximate surface area is 130 Å². The molecule has 1 saturated heterocycles. The van der Waals surface area contributed by atoms with Crippen molar-refractivity contribution in [3.05, 3.63) is 28.8 Å². The summed E-state index contributed by atoms with van der Waals surface area (Å²) in [6.07, 6.45) is 2.04. The van der Waals surface area contributed by atoms with Gasteiger partial charge in [0.25, 0.3) is 5.91 Å². The van der Waals surface area contributed by atoms with Crippen molar-refractivity contribution in [2.45, 2.75) is 11.0 Å². The molecule has 1 aromatic rings. The molecule has 1 aliphatic rings. The average Bonchev–Trinajstić information content (AvgIpc) is 2.47. The van der Waals surface area contributed by atoms with E-state index in [4.69, 9.17) is 16.3 Å². The second-order valence-corrected chi connectivity index (χ2v) is 6.18. The number of halogens is 2. The molecule has 0 bridgehead atoms. The van der Waals surface area contributed by atoms with Crippen LogP contribution >= 0.6 is 39.3 Å². The number of thioether (sulfide) groups is 1. The third-order valence-corrected chi connectivity index (χ3v) is 4.78. The highest BCUT2D eigenvalue weighted by Gasteiger charge is 2.25. The highest BCUT2D eigenvalue weighted by Crippen LogP contribution is 2.25. The number of amides is 1. The molecular weight excluding hydrogens is 350 g/mol. The molecule has 0 saturated carbocycles. The van der Waals surface area contributed by atoms with Gasteiger partial charge in [-0.15, -0.1) is 11.8 Å². The maximum absolute atomic E-state index is 12.5. The molecule has 6 heteroatoms. The van der Waals surface area contributed by atoms with Gasteiger partial charge < -0.3 is 9.64 Å². The quantitative estimate of drug-likeness (QED) is 0.609. The molecule has 0 N–H and O–H groups in total. The Bertz CT molecular complexity index is 472. The number of carbonyl (C=O) groups is 1. The lowest BCUT2D eigenvalue weighted by molar-refractivity contribution is -0.00965. The van der Waals surface area contributed by atoms with Gasteiger partial charge in [-0.1, -0.05) is 27.5 Å². The van der Waals surface area contributed by atoms with Crippen molar-refractivity contribution in [1.29, 1.82) is 0 Å². The van der Waals surface area contributed by atoms with E-state index in [2.05, 4.69) is 15.9 Å². The van der Waals surface area contributed by atoms with E-state index < -0.39 is 0 Å². The Morgan fingerprint density at radius 3 is 3.11 bits per heavy atom. The van der Waals surface area contributed by atoms with E-state index in [1.54, 1.807) is 22.7 Å². The number of alkyl halides is 1. The number of benzene rings is 1. The molecule has 3 nitrogen and oxygen atoms in total. The van der Waals surface area contributed by atoms with Gasteiger partial charge in [-0.2, -0.15) is 0 Å². The zero-order valence-electron chi connectivity index (χ0n) is 10.6. The average molecular weight is 365 g/mol. The molecule has 1 fully saturated rings. The Morgan fingerprint density at radius 2 is 2.42 bits per heavy atom. The van der Waals surface area contributed by atoms with Crippen LogP contribution in [0.4, 0.5) is 0 Å². The number of ether oxygens (including phenoxy) is 1. The topological polar surface area (TPSA) is 29.5 Å². The van der Waals surface area contributed by atoms with Crippen LogP contribution in [0.1, 0.15) is 10.4 Å². The predicted molar refractivity (Wildman–Crippen MR) is 82.7 cm³/mol. The summed E-state index contributed by atoms with van der Waals surface area (Å²) in [5, 5.41) is 1.24. The fourth-order valence-corrected chi connectivity index (χ4v) is 2.99. The smallest absolute Gasteiger partial charge is 0.255 e. The SMILES string of the molecule is CSc1ccc(Cl)c(C(=O)N2CCOC(CBr)C2)c1. The maximum Gasteiger partial charge on any atom is 0.255 e. The van der Waals surface area contributed by atoms with Crippen molar-refractivity contribution < 1.29 is 9.53 Å². The minimum Gasteiger partial charge on any atom is -0.374 e. The molecule has 1 atom stereocenters. The first-order chi connectivity index (χ1) is 9.15. The van der Waals surface area contributed by atoms with Crippen LogP contribution in [0.2, 0.25) is 5.02 Å². The molecule has 1 heterocycles. The lowest BCUT2D eigenvalue weighted by Gasteiger charge is -2.32. The minimum atomic E-state index is -0.0184. The third kappa shape index (κ3) is 3.66. The molecule has 0 aromatic heterocycles. The number of rotatable bonds is 3. The second kappa shape index (κ2) is 6.97. The summed E-state index contributed by atoms with van der Waals surface area (Å²) in [6.45, 7) is 1.79. The van der Waals surface area contributed by atoms with Crippen LogP contribution in [0.5, 0.6) is 0 Å². The van der Waals surface area contributed by atoms with Crippen molar-refractivity contribution in [2.75, 3.05) is 31.3 Å². The van der Waals surface area contributed by atoms with Crippen molar-refractivity contribution >= 4 is 45.2 Å². The van der Waals surface area contributed by atoms with E-state index in [1.165, 1.54) is 0 Å². The molecule has 1 aromatic carbocycles. The van der Waals surface area contributed by atoms with Gasteiger partial charge in [0.05, 0.1) is 23.3 Å². The van der Waals surface area contributed by atoms with Crippen molar-refractivity contribution in [2.24, 2.45) is 0 Å². The largest absolute Gasteiger partial charge is 0.374 e. The number of nitrogens with zero attached hydrogens (tertiary/aromatic N) is 1. The number of hydrogen-bond acceptors (Lipinski definition) is 3. The number of hydrogen-bond donors (Lipinski definition) is 0. The van der Waals surface area contributed by atoms with Gasteiger partial charge in [-0.3, -0.25) is 4.79 Å². The van der Waals surface area contributed by atoms with E-state index in [9.17, 15) is 4.79 Å². The fourth-order valence-electron chi connectivity index (χ4n) is 1.96. The molecule has 0 aliphatic carbocycles. The molecule has 1 aliphatic heterocycles. The van der Waals surface area contributed by atoms with Gasteiger partial charge in [0.15, 0.2) is 0 Å². The van der Waals surface area contributed by atoms with Gasteiger partial charge in [0, 0.05) is 23.3 Å². The first-order valence-corrected chi connectivity index (χ1v) is 8.68. The van der Waals surface area contributed by atoms with Crippen molar-refractivity contribution in [1.82, 2.24) is 4.90 Å². The van der Waals surface area contributed by atoms with E-state index in [1.807, 2.05) is 18.4 Å². The summed E-state index contributed by atoms with van der Waals surface area (Å²) in [4.78, 5) is 15.4. The van der Waals surface area contributed by atoms with Crippen molar-refractivity contribution in [3.63, 3.8) is 0 Å². The van der Waals surface area contributed by atoms with E-state index in [0.717, 1.165) is 10.2 Å². The molecule has 0 radical (unpaired) electrons. The highest BCUT2D eigenvalue weighted by molar-refractivity contribution is 9.09. The van der Waals surface area contributed by atoms with Crippen LogP contribution in [0.25, 0.3) is 0 Å². The Morgan fingerprint density at radius 1 is 1.63 bits per heavy atom. The van der Waals surface area contributed by atoms with Crippen LogP contribution in [0.3, 0.4) is 0 Å². The van der Waals surface area contributed by atoms with Gasteiger partial charge in [-0.25, -0.2) is 0 Å². The molecule has 19 heavy (non-hydrogen) atoms. The van der Waals surface area contributed by atoms with Gasteiger partial charge >= 0.3 is 0 Å². The zero-order valence-corrected chi connectivity index (χ0v) is 13.7. The third-order valence-electron chi connectivity index (χ3n) is 3.00.